The Hall–Kier alpha value is -0.950. The molecular formula is C9H11NO2S. The Labute approximate surface area is 81.9 Å². The van der Waals surface area contributed by atoms with Gasteiger partial charge in [-0.3, -0.25) is 9.59 Å². The van der Waals surface area contributed by atoms with Crippen LogP contribution in [0.3, 0.4) is 0 Å². The first kappa shape index (κ1) is 10.1. The molecule has 1 amide bonds. The van der Waals surface area contributed by atoms with Crippen LogP contribution in [0.15, 0.2) is 0 Å². The van der Waals surface area contributed by atoms with Gasteiger partial charge in [0.2, 0.25) is 5.91 Å². The molecular weight excluding hydrogens is 186 g/mol. The fourth-order valence-electron chi connectivity index (χ4n) is 1.15. The van der Waals surface area contributed by atoms with Gasteiger partial charge in [-0.25, -0.2) is 0 Å². The number of carbonyl (C=O) groups is 2. The van der Waals surface area contributed by atoms with Crippen molar-refractivity contribution in [1.29, 1.82) is 0 Å². The number of carbonyl (C=O) groups excluding carboxylic acids is 2. The highest BCUT2D eigenvalue weighted by atomic mass is 32.2. The Kier molecular flexibility index (Phi) is 3.84. The van der Waals surface area contributed by atoms with E-state index in [-0.39, 0.29) is 24.7 Å². The number of likely N-dealkylation sites (tertiary alicyclic amines) is 1. The third-order valence-corrected chi connectivity index (χ3v) is 2.60. The lowest BCUT2D eigenvalue weighted by molar-refractivity contribution is -0.127. The minimum Gasteiger partial charge on any atom is -0.334 e. The van der Waals surface area contributed by atoms with Crippen molar-refractivity contribution in [3.63, 3.8) is 0 Å². The van der Waals surface area contributed by atoms with E-state index in [1.54, 1.807) is 16.7 Å². The van der Waals surface area contributed by atoms with Crippen molar-refractivity contribution in [2.24, 2.45) is 0 Å². The van der Waals surface area contributed by atoms with E-state index in [0.29, 0.717) is 12.3 Å². The molecule has 0 bridgehead atoms. The summed E-state index contributed by atoms with van der Waals surface area (Å²) in [5.74, 6) is 3.95. The van der Waals surface area contributed by atoms with E-state index in [1.807, 2.05) is 0 Å². The maximum atomic E-state index is 11.1. The first-order valence-electron chi connectivity index (χ1n) is 4.04. The molecule has 0 aromatic rings. The smallest absolute Gasteiger partial charge is 0.230 e. The largest absolute Gasteiger partial charge is 0.334 e. The van der Waals surface area contributed by atoms with Gasteiger partial charge in [0, 0.05) is 12.3 Å². The number of hydrogen-bond donors (Lipinski definition) is 0. The van der Waals surface area contributed by atoms with Crippen LogP contribution in [0.2, 0.25) is 0 Å². The number of ketones is 1. The third kappa shape index (κ3) is 3.11. The van der Waals surface area contributed by atoms with Gasteiger partial charge in [-0.2, -0.15) is 0 Å². The minimum absolute atomic E-state index is 0.0203. The molecule has 1 aliphatic rings. The number of hydrogen-bond acceptors (Lipinski definition) is 3. The van der Waals surface area contributed by atoms with E-state index in [0.717, 1.165) is 5.75 Å². The van der Waals surface area contributed by atoms with Gasteiger partial charge in [-0.15, -0.1) is 18.2 Å². The lowest BCUT2D eigenvalue weighted by atomic mass is 10.3. The zero-order chi connectivity index (χ0) is 9.68. The van der Waals surface area contributed by atoms with Crippen molar-refractivity contribution >= 4 is 23.5 Å². The summed E-state index contributed by atoms with van der Waals surface area (Å²) >= 11 is 1.60. The lowest BCUT2D eigenvalue weighted by Crippen LogP contribution is -2.27. The van der Waals surface area contributed by atoms with E-state index < -0.39 is 0 Å². The molecule has 0 atom stereocenters. The zero-order valence-electron chi connectivity index (χ0n) is 7.28. The number of Topliss-reactive ketones (excluding diaryl/α,β-unsaturated/α-hetero) is 1. The number of thioether (sulfide) groups is 1. The highest BCUT2D eigenvalue weighted by Crippen LogP contribution is 2.08. The quantitative estimate of drug-likeness (QED) is 0.366. The van der Waals surface area contributed by atoms with Gasteiger partial charge in [0.15, 0.2) is 5.78 Å². The monoisotopic (exact) mass is 197 g/mol. The molecule has 70 valence electrons. The van der Waals surface area contributed by atoms with E-state index in [2.05, 4.69) is 5.92 Å². The Bertz CT molecular complexity index is 257. The van der Waals surface area contributed by atoms with Crippen LogP contribution in [0, 0.1) is 12.3 Å². The molecule has 3 nitrogen and oxygen atoms in total. The lowest BCUT2D eigenvalue weighted by Gasteiger charge is -2.12. The van der Waals surface area contributed by atoms with Crippen LogP contribution in [0.25, 0.3) is 0 Å². The molecule has 0 saturated carbocycles. The standard InChI is InChI=1S/C9H11NO2S/c1-2-4-13-5-3-10-7-8(11)6-9(10)12/h1H,3-7H2. The minimum atomic E-state index is -0.0497. The summed E-state index contributed by atoms with van der Waals surface area (Å²) in [6.45, 7) is 0.923. The molecule has 0 radical (unpaired) electrons. The van der Waals surface area contributed by atoms with Crippen molar-refractivity contribution in [3.8, 4) is 12.3 Å². The van der Waals surface area contributed by atoms with Gasteiger partial charge in [0.25, 0.3) is 0 Å². The van der Waals surface area contributed by atoms with Gasteiger partial charge in [0.1, 0.15) is 0 Å². The van der Waals surface area contributed by atoms with Gasteiger partial charge in [-0.1, -0.05) is 5.92 Å². The summed E-state index contributed by atoms with van der Waals surface area (Å²) in [4.78, 5) is 23.5. The van der Waals surface area contributed by atoms with Gasteiger partial charge < -0.3 is 4.90 Å². The summed E-state index contributed by atoms with van der Waals surface area (Å²) in [7, 11) is 0. The molecule has 0 unspecified atom stereocenters. The van der Waals surface area contributed by atoms with E-state index in [4.69, 9.17) is 6.42 Å². The van der Waals surface area contributed by atoms with Crippen molar-refractivity contribution in [1.82, 2.24) is 4.90 Å². The molecule has 0 aliphatic carbocycles. The van der Waals surface area contributed by atoms with Gasteiger partial charge >= 0.3 is 0 Å². The van der Waals surface area contributed by atoms with E-state index in [9.17, 15) is 9.59 Å². The Balaban J connectivity index is 2.19. The van der Waals surface area contributed by atoms with Crippen LogP contribution >= 0.6 is 11.8 Å². The van der Waals surface area contributed by atoms with Crippen molar-refractivity contribution < 1.29 is 9.59 Å². The Morgan fingerprint density at radius 1 is 1.54 bits per heavy atom. The van der Waals surface area contributed by atoms with Crippen LogP contribution in [-0.2, 0) is 9.59 Å². The van der Waals surface area contributed by atoms with Crippen molar-refractivity contribution in [2.75, 3.05) is 24.6 Å². The van der Waals surface area contributed by atoms with Crippen molar-refractivity contribution in [3.05, 3.63) is 0 Å². The topological polar surface area (TPSA) is 37.4 Å². The fourth-order valence-corrected chi connectivity index (χ4v) is 1.76. The highest BCUT2D eigenvalue weighted by molar-refractivity contribution is 7.99. The molecule has 0 aromatic carbocycles. The summed E-state index contributed by atoms with van der Waals surface area (Å²) in [6.07, 6.45) is 5.15. The normalized spacial score (nSPS) is 16.4. The van der Waals surface area contributed by atoms with Crippen LogP contribution < -0.4 is 0 Å². The summed E-state index contributed by atoms with van der Waals surface area (Å²) in [5.41, 5.74) is 0. The molecule has 4 heteroatoms. The average Bonchev–Trinajstić information content (AvgIpc) is 2.39. The number of rotatable bonds is 4. The predicted molar refractivity (Wildman–Crippen MR) is 52.4 cm³/mol. The second-order valence-corrected chi connectivity index (χ2v) is 3.89. The SMILES string of the molecule is C#CCSCCN1CC(=O)CC1=O. The highest BCUT2D eigenvalue weighted by Gasteiger charge is 2.26. The van der Waals surface area contributed by atoms with E-state index >= 15 is 0 Å². The third-order valence-electron chi connectivity index (χ3n) is 1.76. The molecule has 0 spiro atoms. The van der Waals surface area contributed by atoms with Crippen LogP contribution in [0.1, 0.15) is 6.42 Å². The second-order valence-electron chi connectivity index (χ2n) is 2.79. The fraction of sp³-hybridized carbons (Fsp3) is 0.556. The Morgan fingerprint density at radius 2 is 2.31 bits per heavy atom. The van der Waals surface area contributed by atoms with Crippen molar-refractivity contribution in [2.45, 2.75) is 6.42 Å². The molecule has 1 fully saturated rings. The number of nitrogens with zero attached hydrogens (tertiary/aromatic N) is 1. The number of terminal acetylenes is 1. The number of amides is 1. The Morgan fingerprint density at radius 3 is 2.85 bits per heavy atom. The molecule has 1 heterocycles. The molecule has 13 heavy (non-hydrogen) atoms. The van der Waals surface area contributed by atoms with Gasteiger partial charge in [0.05, 0.1) is 18.7 Å². The zero-order valence-corrected chi connectivity index (χ0v) is 8.10. The summed E-state index contributed by atoms with van der Waals surface area (Å²) < 4.78 is 0. The second kappa shape index (κ2) is 4.93. The van der Waals surface area contributed by atoms with E-state index in [1.165, 1.54) is 0 Å². The van der Waals surface area contributed by atoms with Crippen LogP contribution in [0.5, 0.6) is 0 Å². The molecule has 1 rings (SSSR count). The van der Waals surface area contributed by atoms with Crippen LogP contribution in [0.4, 0.5) is 0 Å². The molecule has 1 saturated heterocycles. The van der Waals surface area contributed by atoms with Gasteiger partial charge in [-0.05, 0) is 0 Å². The first-order chi connectivity index (χ1) is 6.24. The molecule has 1 aliphatic heterocycles. The predicted octanol–water partition coefficient (Wildman–Crippen LogP) is 0.154. The van der Waals surface area contributed by atoms with Crippen LogP contribution in [-0.4, -0.2) is 41.2 Å². The molecule has 0 aromatic heterocycles. The maximum absolute atomic E-state index is 11.1. The first-order valence-corrected chi connectivity index (χ1v) is 5.20. The summed E-state index contributed by atoms with van der Waals surface area (Å²) in [6, 6.07) is 0. The summed E-state index contributed by atoms with van der Waals surface area (Å²) in [5, 5.41) is 0. The molecule has 0 N–H and O–H groups in total. The maximum Gasteiger partial charge on any atom is 0.230 e. The average molecular weight is 197 g/mol.